The number of nitrogens with one attached hydrogen (secondary N) is 1. The third-order valence-corrected chi connectivity index (χ3v) is 4.85. The summed E-state index contributed by atoms with van der Waals surface area (Å²) in [6.07, 6.45) is 1.61. The minimum atomic E-state index is -0.428. The SMILES string of the molecule is Cc1cccc(NC(=O)/C(C#N)=C/c2c(C)nn(-c3ccccc3)c2C)c1C. The highest BCUT2D eigenvalue weighted by atomic mass is 16.1. The Hall–Kier alpha value is -3.65. The van der Waals surface area contributed by atoms with Crippen LogP contribution >= 0.6 is 0 Å². The molecule has 3 aromatic rings. The van der Waals surface area contributed by atoms with Crippen LogP contribution in [0.4, 0.5) is 5.69 Å². The van der Waals surface area contributed by atoms with Crippen molar-refractivity contribution in [2.45, 2.75) is 27.7 Å². The van der Waals surface area contributed by atoms with Crippen molar-refractivity contribution in [1.29, 1.82) is 5.26 Å². The molecule has 0 saturated carbocycles. The highest BCUT2D eigenvalue weighted by Crippen LogP contribution is 2.22. The largest absolute Gasteiger partial charge is 0.321 e. The minimum absolute atomic E-state index is 0.0414. The van der Waals surface area contributed by atoms with E-state index < -0.39 is 5.91 Å². The number of benzene rings is 2. The van der Waals surface area contributed by atoms with Crippen LogP contribution in [0.25, 0.3) is 11.8 Å². The van der Waals surface area contributed by atoms with E-state index in [4.69, 9.17) is 0 Å². The standard InChI is InChI=1S/C23H22N4O/c1-15-9-8-12-22(16(15)2)25-23(28)19(14-24)13-21-17(3)26-27(18(21)4)20-10-6-5-7-11-20/h5-13H,1-4H3,(H,25,28)/b19-13+. The molecule has 0 aliphatic heterocycles. The Balaban J connectivity index is 1.95. The van der Waals surface area contributed by atoms with Crippen molar-refractivity contribution in [3.63, 3.8) is 0 Å². The summed E-state index contributed by atoms with van der Waals surface area (Å²) in [5.74, 6) is -0.428. The van der Waals surface area contributed by atoms with E-state index in [1.165, 1.54) is 0 Å². The van der Waals surface area contributed by atoms with Gasteiger partial charge in [-0.2, -0.15) is 10.4 Å². The predicted molar refractivity (Wildman–Crippen MR) is 111 cm³/mol. The molecule has 0 unspecified atom stereocenters. The van der Waals surface area contributed by atoms with Gasteiger partial charge in [-0.1, -0.05) is 30.3 Å². The normalized spacial score (nSPS) is 11.2. The maximum absolute atomic E-state index is 12.7. The highest BCUT2D eigenvalue weighted by molar-refractivity contribution is 6.10. The van der Waals surface area contributed by atoms with Crippen LogP contribution in [0.3, 0.4) is 0 Å². The lowest BCUT2D eigenvalue weighted by molar-refractivity contribution is -0.112. The number of anilines is 1. The molecule has 140 valence electrons. The van der Waals surface area contributed by atoms with Gasteiger partial charge in [-0.05, 0) is 63.1 Å². The fourth-order valence-electron chi connectivity index (χ4n) is 3.05. The molecule has 1 heterocycles. The summed E-state index contributed by atoms with van der Waals surface area (Å²) in [5, 5.41) is 17.0. The van der Waals surface area contributed by atoms with Crippen LogP contribution in [0.5, 0.6) is 0 Å². The molecule has 2 aromatic carbocycles. The lowest BCUT2D eigenvalue weighted by atomic mass is 10.1. The van der Waals surface area contributed by atoms with E-state index in [-0.39, 0.29) is 5.57 Å². The number of carbonyl (C=O) groups is 1. The van der Waals surface area contributed by atoms with Crippen molar-refractivity contribution < 1.29 is 4.79 Å². The molecule has 5 nitrogen and oxygen atoms in total. The third-order valence-electron chi connectivity index (χ3n) is 4.85. The van der Waals surface area contributed by atoms with E-state index in [1.807, 2.05) is 87.0 Å². The smallest absolute Gasteiger partial charge is 0.266 e. The quantitative estimate of drug-likeness (QED) is 0.537. The molecule has 1 N–H and O–H groups in total. The average molecular weight is 370 g/mol. The van der Waals surface area contributed by atoms with Gasteiger partial charge in [0.1, 0.15) is 11.6 Å². The lowest BCUT2D eigenvalue weighted by Crippen LogP contribution is -2.14. The molecule has 0 radical (unpaired) electrons. The van der Waals surface area contributed by atoms with Crippen LogP contribution in [-0.2, 0) is 4.79 Å². The number of aryl methyl sites for hydroxylation is 2. The zero-order chi connectivity index (χ0) is 20.3. The Morgan fingerprint density at radius 1 is 1.07 bits per heavy atom. The molecule has 0 aliphatic rings. The first-order valence-electron chi connectivity index (χ1n) is 9.03. The summed E-state index contributed by atoms with van der Waals surface area (Å²) in [6.45, 7) is 7.72. The number of carbonyl (C=O) groups excluding carboxylic acids is 1. The molecule has 3 rings (SSSR count). The first-order chi connectivity index (χ1) is 13.4. The van der Waals surface area contributed by atoms with E-state index in [1.54, 1.807) is 6.08 Å². The summed E-state index contributed by atoms with van der Waals surface area (Å²) in [7, 11) is 0. The molecular formula is C23H22N4O. The van der Waals surface area contributed by atoms with Gasteiger partial charge >= 0.3 is 0 Å². The van der Waals surface area contributed by atoms with E-state index in [2.05, 4.69) is 10.4 Å². The predicted octanol–water partition coefficient (Wildman–Crippen LogP) is 4.65. The van der Waals surface area contributed by atoms with Gasteiger partial charge in [-0.3, -0.25) is 4.79 Å². The summed E-state index contributed by atoms with van der Waals surface area (Å²) >= 11 is 0. The van der Waals surface area contributed by atoms with E-state index in [0.29, 0.717) is 5.69 Å². The zero-order valence-corrected chi connectivity index (χ0v) is 16.4. The fourth-order valence-corrected chi connectivity index (χ4v) is 3.05. The van der Waals surface area contributed by atoms with E-state index in [0.717, 1.165) is 33.8 Å². The van der Waals surface area contributed by atoms with Gasteiger partial charge in [0.15, 0.2) is 0 Å². The first kappa shape index (κ1) is 19.1. The van der Waals surface area contributed by atoms with Gasteiger partial charge in [0.05, 0.1) is 11.4 Å². The van der Waals surface area contributed by atoms with Crippen LogP contribution in [0.2, 0.25) is 0 Å². The number of nitriles is 1. The van der Waals surface area contributed by atoms with Gasteiger partial charge in [-0.15, -0.1) is 0 Å². The average Bonchev–Trinajstić information content (AvgIpc) is 2.98. The van der Waals surface area contributed by atoms with Crippen molar-refractivity contribution in [1.82, 2.24) is 9.78 Å². The number of hydrogen-bond acceptors (Lipinski definition) is 3. The van der Waals surface area contributed by atoms with Crippen molar-refractivity contribution in [2.24, 2.45) is 0 Å². The van der Waals surface area contributed by atoms with Crippen LogP contribution < -0.4 is 5.32 Å². The molecule has 0 aliphatic carbocycles. The Morgan fingerprint density at radius 2 is 1.79 bits per heavy atom. The van der Waals surface area contributed by atoms with Crippen LogP contribution in [0.1, 0.15) is 28.1 Å². The van der Waals surface area contributed by atoms with E-state index >= 15 is 0 Å². The maximum Gasteiger partial charge on any atom is 0.266 e. The summed E-state index contributed by atoms with van der Waals surface area (Å²) in [5.41, 5.74) is 6.15. The summed E-state index contributed by atoms with van der Waals surface area (Å²) < 4.78 is 1.82. The second-order valence-corrected chi connectivity index (χ2v) is 6.70. The Bertz CT molecular complexity index is 1100. The molecule has 0 saturated heterocycles. The van der Waals surface area contributed by atoms with Gasteiger partial charge in [-0.25, -0.2) is 4.68 Å². The first-order valence-corrected chi connectivity index (χ1v) is 9.03. The van der Waals surface area contributed by atoms with Gasteiger partial charge in [0, 0.05) is 16.9 Å². The molecule has 28 heavy (non-hydrogen) atoms. The lowest BCUT2D eigenvalue weighted by Gasteiger charge is -2.10. The second kappa shape index (κ2) is 7.93. The zero-order valence-electron chi connectivity index (χ0n) is 16.4. The molecule has 1 amide bonds. The van der Waals surface area contributed by atoms with Crippen LogP contribution in [0.15, 0.2) is 54.1 Å². The number of amides is 1. The monoisotopic (exact) mass is 370 g/mol. The number of nitrogens with zero attached hydrogens (tertiary/aromatic N) is 3. The van der Waals surface area contributed by atoms with E-state index in [9.17, 15) is 10.1 Å². The molecule has 0 spiro atoms. The van der Waals surface area contributed by atoms with Crippen molar-refractivity contribution in [3.8, 4) is 11.8 Å². The minimum Gasteiger partial charge on any atom is -0.321 e. The summed E-state index contributed by atoms with van der Waals surface area (Å²) in [6, 6.07) is 17.5. The number of aromatic nitrogens is 2. The van der Waals surface area contributed by atoms with Crippen LogP contribution in [0, 0.1) is 39.0 Å². The number of hydrogen-bond donors (Lipinski definition) is 1. The van der Waals surface area contributed by atoms with Crippen LogP contribution in [-0.4, -0.2) is 15.7 Å². The van der Waals surface area contributed by atoms with Crippen molar-refractivity contribution in [2.75, 3.05) is 5.32 Å². The molecule has 0 atom stereocenters. The van der Waals surface area contributed by atoms with Gasteiger partial charge in [0.25, 0.3) is 5.91 Å². The molecule has 5 heteroatoms. The second-order valence-electron chi connectivity index (χ2n) is 6.70. The molecular weight excluding hydrogens is 348 g/mol. The van der Waals surface area contributed by atoms with Crippen molar-refractivity contribution in [3.05, 3.63) is 82.2 Å². The van der Waals surface area contributed by atoms with Gasteiger partial charge < -0.3 is 5.32 Å². The molecule has 0 bridgehead atoms. The maximum atomic E-state index is 12.7. The Labute approximate surface area is 164 Å². The Morgan fingerprint density at radius 3 is 2.46 bits per heavy atom. The Kier molecular flexibility index (Phi) is 5.42. The molecule has 0 fully saturated rings. The topological polar surface area (TPSA) is 70.7 Å². The third kappa shape index (κ3) is 3.72. The van der Waals surface area contributed by atoms with Gasteiger partial charge in [0.2, 0.25) is 0 Å². The summed E-state index contributed by atoms with van der Waals surface area (Å²) in [4.78, 5) is 12.7. The fraction of sp³-hybridized carbons (Fsp3) is 0.174. The molecule has 1 aromatic heterocycles. The number of rotatable bonds is 4. The van der Waals surface area contributed by atoms with Crippen molar-refractivity contribution >= 4 is 17.7 Å². The highest BCUT2D eigenvalue weighted by Gasteiger charge is 2.16. The number of para-hydroxylation sites is 1.